The van der Waals surface area contributed by atoms with E-state index in [-0.39, 0.29) is 10.9 Å². The molecule has 1 saturated heterocycles. The van der Waals surface area contributed by atoms with Crippen molar-refractivity contribution in [1.82, 2.24) is 9.78 Å². The number of hydrogen-bond donors (Lipinski definition) is 1. The molecule has 0 amide bonds. The Morgan fingerprint density at radius 3 is 2.33 bits per heavy atom. The van der Waals surface area contributed by atoms with Gasteiger partial charge in [-0.15, -0.1) is 0 Å². The van der Waals surface area contributed by atoms with Gasteiger partial charge in [0.15, 0.2) is 0 Å². The summed E-state index contributed by atoms with van der Waals surface area (Å²) in [6.45, 7) is 1.42. The minimum Gasteiger partial charge on any atom is -0.381 e. The second-order valence-corrected chi connectivity index (χ2v) is 8.23. The van der Waals surface area contributed by atoms with Crippen LogP contribution in [0.1, 0.15) is 18.9 Å². The molecule has 4 rings (SSSR count). The first kappa shape index (κ1) is 17.8. The Labute approximate surface area is 158 Å². The SMILES string of the molecule is O=S(=O)(Nc1cnn(C2CCOCC2)c1)c1ccc(-c2ccccc2)cc1. The van der Waals surface area contributed by atoms with Crippen molar-refractivity contribution in [3.8, 4) is 11.1 Å². The van der Waals surface area contributed by atoms with Crippen LogP contribution in [0.15, 0.2) is 71.9 Å². The van der Waals surface area contributed by atoms with E-state index < -0.39 is 10.0 Å². The monoisotopic (exact) mass is 383 g/mol. The fraction of sp³-hybridized carbons (Fsp3) is 0.250. The van der Waals surface area contributed by atoms with Crippen molar-refractivity contribution in [1.29, 1.82) is 0 Å². The first-order valence-electron chi connectivity index (χ1n) is 8.92. The molecule has 1 aromatic heterocycles. The number of sulfonamides is 1. The van der Waals surface area contributed by atoms with E-state index in [4.69, 9.17) is 4.74 Å². The van der Waals surface area contributed by atoms with Crippen LogP contribution in [0.3, 0.4) is 0 Å². The lowest BCUT2D eigenvalue weighted by atomic mass is 10.1. The fourth-order valence-electron chi connectivity index (χ4n) is 3.21. The van der Waals surface area contributed by atoms with Crippen LogP contribution in [0.25, 0.3) is 11.1 Å². The molecule has 0 spiro atoms. The third-order valence-corrected chi connectivity index (χ3v) is 6.09. The second kappa shape index (κ2) is 7.54. The Morgan fingerprint density at radius 2 is 1.63 bits per heavy atom. The molecule has 1 N–H and O–H groups in total. The van der Waals surface area contributed by atoms with Crippen LogP contribution < -0.4 is 4.72 Å². The molecule has 2 aromatic carbocycles. The van der Waals surface area contributed by atoms with Crippen LogP contribution in [0.2, 0.25) is 0 Å². The smallest absolute Gasteiger partial charge is 0.261 e. The van der Waals surface area contributed by atoms with Crippen molar-refractivity contribution in [2.75, 3.05) is 17.9 Å². The van der Waals surface area contributed by atoms with Gasteiger partial charge in [-0.05, 0) is 36.1 Å². The summed E-state index contributed by atoms with van der Waals surface area (Å²) in [4.78, 5) is 0.223. The molecule has 0 aliphatic carbocycles. The standard InChI is InChI=1S/C20H21N3O3S/c24-27(25,20-8-6-17(7-9-20)16-4-2-1-3-5-16)22-18-14-21-23(15-18)19-10-12-26-13-11-19/h1-9,14-15,19,22H,10-13H2. The molecule has 3 aromatic rings. The topological polar surface area (TPSA) is 73.2 Å². The average molecular weight is 383 g/mol. The van der Waals surface area contributed by atoms with Crippen LogP contribution in [0.5, 0.6) is 0 Å². The van der Waals surface area contributed by atoms with Crippen molar-refractivity contribution in [2.45, 2.75) is 23.8 Å². The number of anilines is 1. The lowest BCUT2D eigenvalue weighted by Gasteiger charge is -2.22. The predicted molar refractivity (Wildman–Crippen MR) is 104 cm³/mol. The molecule has 0 unspecified atom stereocenters. The molecular weight excluding hydrogens is 362 g/mol. The highest BCUT2D eigenvalue weighted by Gasteiger charge is 2.19. The summed E-state index contributed by atoms with van der Waals surface area (Å²) in [5, 5.41) is 4.31. The van der Waals surface area contributed by atoms with Gasteiger partial charge in [0.25, 0.3) is 10.0 Å². The van der Waals surface area contributed by atoms with Gasteiger partial charge in [0.1, 0.15) is 0 Å². The highest BCUT2D eigenvalue weighted by molar-refractivity contribution is 7.92. The number of benzene rings is 2. The molecule has 7 heteroatoms. The molecule has 6 nitrogen and oxygen atoms in total. The summed E-state index contributed by atoms with van der Waals surface area (Å²) in [6.07, 6.45) is 5.06. The molecule has 1 aliphatic heterocycles. The number of hydrogen-bond acceptors (Lipinski definition) is 4. The maximum absolute atomic E-state index is 12.7. The molecule has 27 heavy (non-hydrogen) atoms. The van der Waals surface area contributed by atoms with Gasteiger partial charge in [-0.1, -0.05) is 42.5 Å². The first-order chi connectivity index (χ1) is 13.1. The molecule has 0 radical (unpaired) electrons. The summed E-state index contributed by atoms with van der Waals surface area (Å²) >= 11 is 0. The average Bonchev–Trinajstić information content (AvgIpc) is 3.17. The molecular formula is C20H21N3O3S. The van der Waals surface area contributed by atoms with Gasteiger partial charge in [0.05, 0.1) is 22.8 Å². The highest BCUT2D eigenvalue weighted by Crippen LogP contribution is 2.24. The van der Waals surface area contributed by atoms with E-state index >= 15 is 0 Å². The number of ether oxygens (including phenoxy) is 1. The van der Waals surface area contributed by atoms with Gasteiger partial charge in [-0.2, -0.15) is 5.10 Å². The largest absolute Gasteiger partial charge is 0.381 e. The normalized spacial score (nSPS) is 15.6. The lowest BCUT2D eigenvalue weighted by Crippen LogP contribution is -2.19. The number of nitrogens with zero attached hydrogens (tertiary/aromatic N) is 2. The summed E-state index contributed by atoms with van der Waals surface area (Å²) in [6, 6.07) is 17.0. The van der Waals surface area contributed by atoms with E-state index in [2.05, 4.69) is 9.82 Å². The summed E-state index contributed by atoms with van der Waals surface area (Å²) in [5.74, 6) is 0. The number of nitrogens with one attached hydrogen (secondary N) is 1. The summed E-state index contributed by atoms with van der Waals surface area (Å²) in [5.41, 5.74) is 2.49. The van der Waals surface area contributed by atoms with Crippen molar-refractivity contribution in [3.63, 3.8) is 0 Å². The van der Waals surface area contributed by atoms with Gasteiger partial charge in [0.2, 0.25) is 0 Å². The zero-order chi connectivity index (χ0) is 18.7. The van der Waals surface area contributed by atoms with Gasteiger partial charge >= 0.3 is 0 Å². The van der Waals surface area contributed by atoms with Gasteiger partial charge < -0.3 is 4.74 Å². The van der Waals surface area contributed by atoms with Gasteiger partial charge in [-0.25, -0.2) is 8.42 Å². The molecule has 140 valence electrons. The minimum absolute atomic E-state index is 0.223. The van der Waals surface area contributed by atoms with E-state index in [1.165, 1.54) is 0 Å². The van der Waals surface area contributed by atoms with Crippen LogP contribution in [-0.4, -0.2) is 31.4 Å². The zero-order valence-corrected chi connectivity index (χ0v) is 15.6. The first-order valence-corrected chi connectivity index (χ1v) is 10.4. The van der Waals surface area contributed by atoms with E-state index in [1.54, 1.807) is 24.5 Å². The van der Waals surface area contributed by atoms with Crippen LogP contribution in [-0.2, 0) is 14.8 Å². The predicted octanol–water partition coefficient (Wildman–Crippen LogP) is 3.70. The Hall–Kier alpha value is -2.64. The lowest BCUT2D eigenvalue weighted by molar-refractivity contribution is 0.0662. The van der Waals surface area contributed by atoms with E-state index in [0.717, 1.165) is 24.0 Å². The van der Waals surface area contributed by atoms with Crippen molar-refractivity contribution in [3.05, 3.63) is 67.0 Å². The van der Waals surface area contributed by atoms with Crippen molar-refractivity contribution < 1.29 is 13.2 Å². The third kappa shape index (κ3) is 4.04. The van der Waals surface area contributed by atoms with E-state index in [0.29, 0.717) is 18.9 Å². The molecule has 2 heterocycles. The van der Waals surface area contributed by atoms with Crippen LogP contribution in [0.4, 0.5) is 5.69 Å². The van der Waals surface area contributed by atoms with Crippen LogP contribution >= 0.6 is 0 Å². The second-order valence-electron chi connectivity index (χ2n) is 6.55. The molecule has 1 fully saturated rings. The minimum atomic E-state index is -3.66. The summed E-state index contributed by atoms with van der Waals surface area (Å²) < 4.78 is 35.1. The summed E-state index contributed by atoms with van der Waals surface area (Å²) in [7, 11) is -3.66. The molecule has 0 bridgehead atoms. The highest BCUT2D eigenvalue weighted by atomic mass is 32.2. The molecule has 1 aliphatic rings. The van der Waals surface area contributed by atoms with E-state index in [9.17, 15) is 8.42 Å². The third-order valence-electron chi connectivity index (χ3n) is 4.69. The van der Waals surface area contributed by atoms with Gasteiger partial charge in [-0.3, -0.25) is 9.40 Å². The maximum atomic E-state index is 12.7. The maximum Gasteiger partial charge on any atom is 0.261 e. The number of rotatable bonds is 5. The Bertz CT molecular complexity index is 992. The van der Waals surface area contributed by atoms with Crippen molar-refractivity contribution in [2.24, 2.45) is 0 Å². The quantitative estimate of drug-likeness (QED) is 0.729. The van der Waals surface area contributed by atoms with Gasteiger partial charge in [0, 0.05) is 19.4 Å². The fourth-order valence-corrected chi connectivity index (χ4v) is 4.24. The van der Waals surface area contributed by atoms with Crippen molar-refractivity contribution >= 4 is 15.7 Å². The Balaban J connectivity index is 1.49. The number of aromatic nitrogens is 2. The van der Waals surface area contributed by atoms with E-state index in [1.807, 2.05) is 47.1 Å². The molecule has 0 saturated carbocycles. The Kier molecular flexibility index (Phi) is 4.96. The zero-order valence-electron chi connectivity index (χ0n) is 14.8. The molecule has 0 atom stereocenters. The van der Waals surface area contributed by atoms with Crippen LogP contribution in [0, 0.1) is 0 Å². The Morgan fingerprint density at radius 1 is 0.963 bits per heavy atom.